The van der Waals surface area contributed by atoms with Gasteiger partial charge in [-0.3, -0.25) is 4.79 Å². The van der Waals surface area contributed by atoms with Crippen molar-refractivity contribution in [2.45, 2.75) is 26.8 Å². The molecule has 110 valence electrons. The summed E-state index contributed by atoms with van der Waals surface area (Å²) in [6, 6.07) is 9.27. The molecule has 1 unspecified atom stereocenters. The van der Waals surface area contributed by atoms with Gasteiger partial charge in [-0.1, -0.05) is 12.1 Å². The summed E-state index contributed by atoms with van der Waals surface area (Å²) in [5, 5.41) is 7.97. The van der Waals surface area contributed by atoms with Gasteiger partial charge in [0, 0.05) is 12.7 Å². The Hall–Kier alpha value is -2.43. The molecule has 1 atom stereocenters. The summed E-state index contributed by atoms with van der Waals surface area (Å²) < 4.78 is 0. The molecule has 1 heterocycles. The third-order valence-electron chi connectivity index (χ3n) is 3.63. The number of carbonyl (C=O) groups excluding carboxylic acids is 1. The summed E-state index contributed by atoms with van der Waals surface area (Å²) in [6.45, 7) is 5.59. The van der Waals surface area contributed by atoms with Gasteiger partial charge in [0.2, 0.25) is 0 Å². The number of nitrogens with two attached hydrogens (primary N) is 1. The fraction of sp³-hybridized carbons (Fsp3) is 0.312. The van der Waals surface area contributed by atoms with Gasteiger partial charge in [0.1, 0.15) is 0 Å². The maximum Gasteiger partial charge on any atom is 0.256 e. The third-order valence-corrected chi connectivity index (χ3v) is 3.63. The van der Waals surface area contributed by atoms with E-state index in [1.54, 1.807) is 24.9 Å². The zero-order chi connectivity index (χ0) is 15.6. The van der Waals surface area contributed by atoms with Gasteiger partial charge in [0.15, 0.2) is 0 Å². The van der Waals surface area contributed by atoms with E-state index >= 15 is 0 Å². The van der Waals surface area contributed by atoms with Crippen molar-refractivity contribution in [3.05, 3.63) is 52.8 Å². The van der Waals surface area contributed by atoms with Crippen LogP contribution in [0.1, 0.15) is 40.3 Å². The second-order valence-corrected chi connectivity index (χ2v) is 5.25. The number of rotatable bonds is 3. The van der Waals surface area contributed by atoms with Gasteiger partial charge in [-0.2, -0.15) is 10.2 Å². The first kappa shape index (κ1) is 15.0. The van der Waals surface area contributed by atoms with Crippen molar-refractivity contribution in [2.24, 2.45) is 0 Å². The molecular formula is C16H20N4O. The van der Waals surface area contributed by atoms with Crippen molar-refractivity contribution >= 4 is 11.6 Å². The van der Waals surface area contributed by atoms with Crippen LogP contribution in [-0.4, -0.2) is 28.1 Å². The highest BCUT2D eigenvalue weighted by molar-refractivity contribution is 5.95. The molecule has 21 heavy (non-hydrogen) atoms. The highest BCUT2D eigenvalue weighted by Crippen LogP contribution is 2.23. The predicted molar refractivity (Wildman–Crippen MR) is 82.9 cm³/mol. The maximum atomic E-state index is 12.6. The number of aromatic nitrogens is 2. The molecule has 0 spiro atoms. The number of nitrogen functional groups attached to an aromatic ring is 1. The SMILES string of the molecule is Cc1cc(C(=O)N(C)C(C)c2cccc(N)c2)c(C)nn1. The number of nitrogens with zero attached hydrogens (tertiary/aromatic N) is 3. The third kappa shape index (κ3) is 3.18. The lowest BCUT2D eigenvalue weighted by Gasteiger charge is -2.26. The Morgan fingerprint density at radius 2 is 1.95 bits per heavy atom. The van der Waals surface area contributed by atoms with Crippen LogP contribution in [0.5, 0.6) is 0 Å². The van der Waals surface area contributed by atoms with Gasteiger partial charge in [-0.05, 0) is 44.5 Å². The number of hydrogen-bond acceptors (Lipinski definition) is 4. The predicted octanol–water partition coefficient (Wildman–Crippen LogP) is 2.51. The van der Waals surface area contributed by atoms with Crippen LogP contribution in [0.4, 0.5) is 5.69 Å². The van der Waals surface area contributed by atoms with Crippen LogP contribution in [0.2, 0.25) is 0 Å². The molecule has 1 aromatic carbocycles. The van der Waals surface area contributed by atoms with E-state index in [-0.39, 0.29) is 11.9 Å². The molecule has 0 aliphatic heterocycles. The van der Waals surface area contributed by atoms with E-state index in [0.717, 1.165) is 11.3 Å². The van der Waals surface area contributed by atoms with Gasteiger partial charge < -0.3 is 10.6 Å². The Bertz CT molecular complexity index is 669. The molecule has 2 N–H and O–H groups in total. The van der Waals surface area contributed by atoms with Crippen molar-refractivity contribution in [3.63, 3.8) is 0 Å². The summed E-state index contributed by atoms with van der Waals surface area (Å²) in [5.74, 6) is -0.0691. The second-order valence-electron chi connectivity index (χ2n) is 5.25. The molecule has 0 bridgehead atoms. The van der Waals surface area contributed by atoms with E-state index in [4.69, 9.17) is 5.73 Å². The zero-order valence-electron chi connectivity index (χ0n) is 12.8. The standard InChI is InChI=1S/C16H20N4O/c1-10-8-15(11(2)19-18-10)16(21)20(4)12(3)13-6-5-7-14(17)9-13/h5-9,12H,17H2,1-4H3. The van der Waals surface area contributed by atoms with E-state index in [9.17, 15) is 4.79 Å². The summed E-state index contributed by atoms with van der Waals surface area (Å²) in [6.07, 6.45) is 0. The average Bonchev–Trinajstić information content (AvgIpc) is 2.47. The number of anilines is 1. The maximum absolute atomic E-state index is 12.6. The van der Waals surface area contributed by atoms with Crippen molar-refractivity contribution in [3.8, 4) is 0 Å². The molecular weight excluding hydrogens is 264 g/mol. The molecule has 2 aromatic rings. The van der Waals surface area contributed by atoms with Gasteiger partial charge >= 0.3 is 0 Å². The molecule has 0 saturated heterocycles. The van der Waals surface area contributed by atoms with E-state index in [2.05, 4.69) is 10.2 Å². The number of benzene rings is 1. The minimum absolute atomic E-state index is 0.0691. The summed E-state index contributed by atoms with van der Waals surface area (Å²) >= 11 is 0. The van der Waals surface area contributed by atoms with Crippen molar-refractivity contribution in [1.82, 2.24) is 15.1 Å². The van der Waals surface area contributed by atoms with Crippen LogP contribution in [0.15, 0.2) is 30.3 Å². The van der Waals surface area contributed by atoms with Crippen LogP contribution in [0, 0.1) is 13.8 Å². The Balaban J connectivity index is 2.28. The normalized spacial score (nSPS) is 12.0. The van der Waals surface area contributed by atoms with Crippen molar-refractivity contribution in [1.29, 1.82) is 0 Å². The molecule has 0 radical (unpaired) electrons. The smallest absolute Gasteiger partial charge is 0.256 e. The van der Waals surface area contributed by atoms with Crippen LogP contribution in [0.3, 0.4) is 0 Å². The largest absolute Gasteiger partial charge is 0.399 e. The second kappa shape index (κ2) is 5.91. The minimum atomic E-state index is -0.0751. The highest BCUT2D eigenvalue weighted by atomic mass is 16.2. The topological polar surface area (TPSA) is 72.1 Å². The lowest BCUT2D eigenvalue weighted by Crippen LogP contribution is -2.30. The number of hydrogen-bond donors (Lipinski definition) is 1. The molecule has 0 fully saturated rings. The van der Waals surface area contributed by atoms with Crippen LogP contribution < -0.4 is 5.73 Å². The molecule has 5 nitrogen and oxygen atoms in total. The molecule has 0 saturated carbocycles. The first-order valence-electron chi connectivity index (χ1n) is 6.83. The zero-order valence-corrected chi connectivity index (χ0v) is 12.8. The molecule has 1 aromatic heterocycles. The quantitative estimate of drug-likeness (QED) is 0.879. The lowest BCUT2D eigenvalue weighted by molar-refractivity contribution is 0.0741. The first-order chi connectivity index (χ1) is 9.90. The van der Waals surface area contributed by atoms with Crippen LogP contribution in [-0.2, 0) is 0 Å². The van der Waals surface area contributed by atoms with E-state index in [0.29, 0.717) is 16.9 Å². The summed E-state index contributed by atoms with van der Waals surface area (Å²) in [7, 11) is 1.78. The van der Waals surface area contributed by atoms with Crippen molar-refractivity contribution in [2.75, 3.05) is 12.8 Å². The molecule has 0 aliphatic rings. The van der Waals surface area contributed by atoms with Crippen LogP contribution in [0.25, 0.3) is 0 Å². The minimum Gasteiger partial charge on any atom is -0.399 e. The Morgan fingerprint density at radius 1 is 1.24 bits per heavy atom. The lowest BCUT2D eigenvalue weighted by atomic mass is 10.1. The first-order valence-corrected chi connectivity index (χ1v) is 6.83. The fourth-order valence-corrected chi connectivity index (χ4v) is 2.17. The van der Waals surface area contributed by atoms with E-state index in [1.807, 2.05) is 38.1 Å². The molecule has 1 amide bonds. The van der Waals surface area contributed by atoms with E-state index in [1.165, 1.54) is 0 Å². The fourth-order valence-electron chi connectivity index (χ4n) is 2.17. The highest BCUT2D eigenvalue weighted by Gasteiger charge is 2.21. The summed E-state index contributed by atoms with van der Waals surface area (Å²) in [5.41, 5.74) is 9.45. The Morgan fingerprint density at radius 3 is 2.62 bits per heavy atom. The van der Waals surface area contributed by atoms with Gasteiger partial charge in [0.25, 0.3) is 5.91 Å². The van der Waals surface area contributed by atoms with Crippen LogP contribution >= 0.6 is 0 Å². The number of amides is 1. The number of carbonyl (C=O) groups is 1. The van der Waals surface area contributed by atoms with Gasteiger partial charge in [-0.25, -0.2) is 0 Å². The monoisotopic (exact) mass is 284 g/mol. The van der Waals surface area contributed by atoms with Gasteiger partial charge in [0.05, 0.1) is 23.0 Å². The molecule has 0 aliphatic carbocycles. The van der Waals surface area contributed by atoms with Gasteiger partial charge in [-0.15, -0.1) is 0 Å². The molecule has 5 heteroatoms. The van der Waals surface area contributed by atoms with Crippen molar-refractivity contribution < 1.29 is 4.79 Å². The molecule has 2 rings (SSSR count). The van der Waals surface area contributed by atoms with E-state index < -0.39 is 0 Å². The Labute approximate surface area is 124 Å². The Kier molecular flexibility index (Phi) is 4.21. The number of aryl methyl sites for hydroxylation is 2. The average molecular weight is 284 g/mol. The summed E-state index contributed by atoms with van der Waals surface area (Å²) in [4.78, 5) is 14.3.